The van der Waals surface area contributed by atoms with Gasteiger partial charge in [0, 0.05) is 57.0 Å². The summed E-state index contributed by atoms with van der Waals surface area (Å²) in [5.41, 5.74) is 10.0. The highest BCUT2D eigenvalue weighted by molar-refractivity contribution is 7.26. The van der Waals surface area contributed by atoms with E-state index in [0.717, 1.165) is 33.0 Å². The van der Waals surface area contributed by atoms with Crippen LogP contribution in [0.1, 0.15) is 0 Å². The van der Waals surface area contributed by atoms with Crippen LogP contribution in [0.15, 0.2) is 200 Å². The van der Waals surface area contributed by atoms with Crippen molar-refractivity contribution in [3.8, 4) is 67.5 Å². The Hall–Kier alpha value is -7.31. The first-order valence-electron chi connectivity index (χ1n) is 20.1. The Morgan fingerprint density at radius 3 is 1.72 bits per heavy atom. The number of hydrogen-bond acceptors (Lipinski definition) is 5. The largest absolute Gasteiger partial charge is 0.208 e. The molecule has 0 aliphatic carbocycles. The molecule has 0 atom stereocenters. The predicted molar refractivity (Wildman–Crippen MR) is 256 cm³/mol. The molecule has 9 aromatic carbocycles. The fourth-order valence-electron chi connectivity index (χ4n) is 8.56. The molecule has 0 spiro atoms. The predicted octanol–water partition coefficient (Wildman–Crippen LogP) is 15.8. The Morgan fingerprint density at radius 1 is 0.283 bits per heavy atom. The zero-order valence-corrected chi connectivity index (χ0v) is 33.8. The molecule has 3 aromatic heterocycles. The third-order valence-corrected chi connectivity index (χ3v) is 13.9. The van der Waals surface area contributed by atoms with Crippen LogP contribution < -0.4 is 0 Å². The highest BCUT2D eigenvalue weighted by Crippen LogP contribution is 2.43. The van der Waals surface area contributed by atoms with Crippen molar-refractivity contribution in [2.75, 3.05) is 0 Å². The van der Waals surface area contributed by atoms with E-state index in [2.05, 4.69) is 200 Å². The molecule has 12 rings (SSSR count). The average molecular weight is 800 g/mol. The van der Waals surface area contributed by atoms with Gasteiger partial charge in [0.15, 0.2) is 17.5 Å². The zero-order chi connectivity index (χ0) is 39.6. The molecule has 3 heterocycles. The van der Waals surface area contributed by atoms with Crippen LogP contribution in [0, 0.1) is 0 Å². The number of fused-ring (bicyclic) bond motifs is 7. The van der Waals surface area contributed by atoms with Gasteiger partial charge in [-0.05, 0) is 80.6 Å². The summed E-state index contributed by atoms with van der Waals surface area (Å²) in [6, 6.07) is 71.6. The molecule has 12 aromatic rings. The van der Waals surface area contributed by atoms with Gasteiger partial charge in [-0.15, -0.1) is 22.7 Å². The van der Waals surface area contributed by atoms with Gasteiger partial charge in [0.25, 0.3) is 0 Å². The van der Waals surface area contributed by atoms with E-state index in [1.807, 2.05) is 22.7 Å². The van der Waals surface area contributed by atoms with Gasteiger partial charge in [-0.3, -0.25) is 0 Å². The normalized spacial score (nSPS) is 11.7. The number of aromatic nitrogens is 3. The maximum Gasteiger partial charge on any atom is 0.164 e. The summed E-state index contributed by atoms with van der Waals surface area (Å²) in [5.74, 6) is 1.95. The Labute approximate surface area is 354 Å². The van der Waals surface area contributed by atoms with Gasteiger partial charge in [0.1, 0.15) is 0 Å². The fraction of sp³-hybridized carbons (Fsp3) is 0. The summed E-state index contributed by atoms with van der Waals surface area (Å²) in [6.07, 6.45) is 0. The van der Waals surface area contributed by atoms with Crippen LogP contribution in [-0.4, -0.2) is 15.0 Å². The number of thiophene rings is 2. The second-order valence-electron chi connectivity index (χ2n) is 15.2. The van der Waals surface area contributed by atoms with Crippen LogP contribution in [-0.2, 0) is 0 Å². The molecule has 0 saturated heterocycles. The molecule has 0 aliphatic heterocycles. The highest BCUT2D eigenvalue weighted by Gasteiger charge is 2.19. The lowest BCUT2D eigenvalue weighted by Crippen LogP contribution is -2.00. The Balaban J connectivity index is 1.02. The molecule has 0 unspecified atom stereocenters. The molecule has 0 fully saturated rings. The quantitative estimate of drug-likeness (QED) is 0.168. The van der Waals surface area contributed by atoms with Crippen LogP contribution in [0.25, 0.3) is 119 Å². The standard InChI is InChI=1S/C55H33N3S2/c1-2-11-34(12-3-1)36-23-25-37(26-24-36)39-29-30-49-47(33-39)51-46(20-10-22-50(51)59-49)55-57-53(56-54(58-55)42-28-27-35-13-4-5-14-38(35)31-42)41-16-8-15-40(32-41)43-18-9-19-45-44-17-6-7-21-48(44)60-52(43)45/h1-33H. The molecular formula is C55H33N3S2. The maximum absolute atomic E-state index is 5.33. The lowest BCUT2D eigenvalue weighted by Gasteiger charge is -2.11. The second kappa shape index (κ2) is 14.2. The fourth-order valence-corrected chi connectivity index (χ4v) is 10.9. The van der Waals surface area contributed by atoms with Crippen molar-refractivity contribution in [2.45, 2.75) is 0 Å². The molecule has 0 N–H and O–H groups in total. The van der Waals surface area contributed by atoms with E-state index >= 15 is 0 Å². The molecule has 280 valence electrons. The summed E-state index contributed by atoms with van der Waals surface area (Å²) < 4.78 is 5.01. The number of nitrogens with zero attached hydrogens (tertiary/aromatic N) is 3. The molecule has 5 heteroatoms. The van der Waals surface area contributed by atoms with Crippen LogP contribution in [0.2, 0.25) is 0 Å². The molecule has 0 radical (unpaired) electrons. The Bertz CT molecular complexity index is 3600. The molecular weight excluding hydrogens is 767 g/mol. The van der Waals surface area contributed by atoms with E-state index < -0.39 is 0 Å². The van der Waals surface area contributed by atoms with Crippen molar-refractivity contribution in [2.24, 2.45) is 0 Å². The van der Waals surface area contributed by atoms with E-state index in [9.17, 15) is 0 Å². The number of benzene rings is 9. The van der Waals surface area contributed by atoms with Gasteiger partial charge in [-0.25, -0.2) is 15.0 Å². The second-order valence-corrected chi connectivity index (χ2v) is 17.3. The van der Waals surface area contributed by atoms with E-state index in [1.54, 1.807) is 0 Å². The maximum atomic E-state index is 5.33. The number of rotatable bonds is 6. The lowest BCUT2D eigenvalue weighted by atomic mass is 9.98. The number of hydrogen-bond donors (Lipinski definition) is 0. The van der Waals surface area contributed by atoms with E-state index in [4.69, 9.17) is 15.0 Å². The first-order valence-corrected chi connectivity index (χ1v) is 21.7. The van der Waals surface area contributed by atoms with E-state index in [-0.39, 0.29) is 0 Å². The van der Waals surface area contributed by atoms with E-state index in [1.165, 1.54) is 68.2 Å². The van der Waals surface area contributed by atoms with Crippen molar-refractivity contribution in [1.29, 1.82) is 0 Å². The monoisotopic (exact) mass is 799 g/mol. The van der Waals surface area contributed by atoms with Gasteiger partial charge < -0.3 is 0 Å². The van der Waals surface area contributed by atoms with Crippen molar-refractivity contribution >= 4 is 73.8 Å². The summed E-state index contributed by atoms with van der Waals surface area (Å²) in [5, 5.41) is 7.25. The van der Waals surface area contributed by atoms with Crippen LogP contribution in [0.5, 0.6) is 0 Å². The summed E-state index contributed by atoms with van der Waals surface area (Å²) in [4.78, 5) is 15.9. The van der Waals surface area contributed by atoms with Gasteiger partial charge in [0.2, 0.25) is 0 Å². The summed E-state index contributed by atoms with van der Waals surface area (Å²) in [6.45, 7) is 0. The first kappa shape index (κ1) is 34.7. The first-order chi connectivity index (χ1) is 29.7. The molecule has 60 heavy (non-hydrogen) atoms. The smallest absolute Gasteiger partial charge is 0.164 e. The van der Waals surface area contributed by atoms with Gasteiger partial charge in [-0.2, -0.15) is 0 Å². The lowest BCUT2D eigenvalue weighted by molar-refractivity contribution is 1.08. The van der Waals surface area contributed by atoms with Crippen LogP contribution in [0.3, 0.4) is 0 Å². The minimum Gasteiger partial charge on any atom is -0.208 e. The summed E-state index contributed by atoms with van der Waals surface area (Å²) in [7, 11) is 0. The molecule has 0 saturated carbocycles. The minimum atomic E-state index is 0.643. The Kier molecular flexibility index (Phi) is 8.22. The van der Waals surface area contributed by atoms with Crippen molar-refractivity contribution < 1.29 is 0 Å². The zero-order valence-electron chi connectivity index (χ0n) is 32.2. The molecule has 3 nitrogen and oxygen atoms in total. The van der Waals surface area contributed by atoms with Crippen LogP contribution in [0.4, 0.5) is 0 Å². The average Bonchev–Trinajstić information content (AvgIpc) is 3.90. The SMILES string of the molecule is c1ccc(-c2ccc(-c3ccc4sc5cccc(-c6nc(-c7cccc(-c8cccc9c8sc8ccccc89)c7)nc(-c7ccc8ccccc8c7)n6)c5c4c3)cc2)cc1. The topological polar surface area (TPSA) is 38.7 Å². The molecule has 0 aliphatic rings. The third kappa shape index (κ3) is 5.98. The van der Waals surface area contributed by atoms with Crippen molar-refractivity contribution in [1.82, 2.24) is 15.0 Å². The molecule has 0 amide bonds. The van der Waals surface area contributed by atoms with Gasteiger partial charge >= 0.3 is 0 Å². The van der Waals surface area contributed by atoms with Crippen molar-refractivity contribution in [3.05, 3.63) is 200 Å². The van der Waals surface area contributed by atoms with E-state index in [0.29, 0.717) is 17.5 Å². The van der Waals surface area contributed by atoms with Crippen LogP contribution >= 0.6 is 22.7 Å². The highest BCUT2D eigenvalue weighted by atomic mass is 32.1. The molecule has 0 bridgehead atoms. The van der Waals surface area contributed by atoms with Gasteiger partial charge in [0.05, 0.1) is 0 Å². The van der Waals surface area contributed by atoms with Gasteiger partial charge in [-0.1, -0.05) is 164 Å². The Morgan fingerprint density at radius 2 is 0.850 bits per heavy atom. The minimum absolute atomic E-state index is 0.643. The summed E-state index contributed by atoms with van der Waals surface area (Å²) >= 11 is 3.65. The van der Waals surface area contributed by atoms with Crippen molar-refractivity contribution in [3.63, 3.8) is 0 Å². The third-order valence-electron chi connectivity index (χ3n) is 11.5.